The molecule has 1 aromatic heterocycles. The van der Waals surface area contributed by atoms with Crippen LogP contribution in [0.2, 0.25) is 0 Å². The fourth-order valence-corrected chi connectivity index (χ4v) is 2.87. The van der Waals surface area contributed by atoms with Gasteiger partial charge in [0.2, 0.25) is 0 Å². The van der Waals surface area contributed by atoms with Gasteiger partial charge in [-0.2, -0.15) is 13.2 Å². The van der Waals surface area contributed by atoms with E-state index < -0.39 is 17.6 Å². The summed E-state index contributed by atoms with van der Waals surface area (Å²) in [6.45, 7) is 1.82. The molecular weight excluding hydrogens is 317 g/mol. The molecule has 0 aliphatic rings. The lowest BCUT2D eigenvalue weighted by Crippen LogP contribution is -2.17. The van der Waals surface area contributed by atoms with E-state index in [1.165, 1.54) is 12.1 Å². The van der Waals surface area contributed by atoms with E-state index in [4.69, 9.17) is 0 Å². The maximum Gasteiger partial charge on any atom is 0.416 e. The van der Waals surface area contributed by atoms with Crippen LogP contribution in [0.15, 0.2) is 48.5 Å². The number of para-hydroxylation sites is 1. The highest BCUT2D eigenvalue weighted by Crippen LogP contribution is 2.31. The number of alkyl halides is 3. The molecule has 2 aromatic carbocycles. The smallest absolute Gasteiger partial charge is 0.339 e. The van der Waals surface area contributed by atoms with Crippen LogP contribution in [-0.2, 0) is 13.2 Å². The van der Waals surface area contributed by atoms with Crippen LogP contribution in [0.4, 0.5) is 18.9 Å². The van der Waals surface area contributed by atoms with Crippen LogP contribution >= 0.6 is 0 Å². The predicted molar refractivity (Wildman–Crippen MR) is 87.1 cm³/mol. The van der Waals surface area contributed by atoms with Crippen molar-refractivity contribution in [2.45, 2.75) is 13.1 Å². The highest BCUT2D eigenvalue weighted by atomic mass is 19.4. The van der Waals surface area contributed by atoms with Crippen LogP contribution in [0, 0.1) is 6.92 Å². The maximum absolute atomic E-state index is 12.8. The molecule has 0 spiro atoms. The van der Waals surface area contributed by atoms with Gasteiger partial charge in [-0.25, -0.2) is 0 Å². The molecule has 1 N–H and O–H groups in total. The van der Waals surface area contributed by atoms with Gasteiger partial charge in [-0.05, 0) is 36.8 Å². The van der Waals surface area contributed by atoms with E-state index >= 15 is 0 Å². The fourth-order valence-electron chi connectivity index (χ4n) is 2.87. The molecule has 0 saturated carbocycles. The fraction of sp³-hybridized carbons (Fsp3) is 0.167. The van der Waals surface area contributed by atoms with E-state index in [0.29, 0.717) is 5.69 Å². The van der Waals surface area contributed by atoms with E-state index in [-0.39, 0.29) is 5.69 Å². The summed E-state index contributed by atoms with van der Waals surface area (Å²) in [4.78, 5) is 12.6. The molecule has 0 aliphatic carbocycles. The van der Waals surface area contributed by atoms with Crippen LogP contribution < -0.4 is 5.32 Å². The van der Waals surface area contributed by atoms with Gasteiger partial charge in [-0.3, -0.25) is 4.79 Å². The van der Waals surface area contributed by atoms with Crippen molar-refractivity contribution < 1.29 is 18.0 Å². The Hall–Kier alpha value is -2.76. The summed E-state index contributed by atoms with van der Waals surface area (Å²) in [7, 11) is 1.76. The molecule has 0 fully saturated rings. The molecule has 0 bridgehead atoms. The molecule has 0 radical (unpaired) electrons. The first-order valence-corrected chi connectivity index (χ1v) is 7.31. The standard InChI is InChI=1S/C18H15F3N2O/c1-11-14-8-3-4-9-15(14)23(2)16(11)17(24)22-13-7-5-6-12(10-13)18(19,20)21/h3-10H,1-2H3,(H,22,24). The topological polar surface area (TPSA) is 34.0 Å². The second-order valence-electron chi connectivity index (χ2n) is 5.58. The molecule has 1 amide bonds. The molecule has 0 aliphatic heterocycles. The Morgan fingerprint density at radius 1 is 1.08 bits per heavy atom. The van der Waals surface area contributed by atoms with Crippen molar-refractivity contribution in [3.05, 3.63) is 65.4 Å². The van der Waals surface area contributed by atoms with Gasteiger partial charge in [0.05, 0.1) is 5.56 Å². The molecule has 0 saturated heterocycles. The first-order valence-electron chi connectivity index (χ1n) is 7.31. The van der Waals surface area contributed by atoms with E-state index in [1.54, 1.807) is 11.6 Å². The van der Waals surface area contributed by atoms with E-state index in [2.05, 4.69) is 5.32 Å². The van der Waals surface area contributed by atoms with Crippen LogP contribution in [-0.4, -0.2) is 10.5 Å². The van der Waals surface area contributed by atoms with E-state index in [1.807, 2.05) is 31.2 Å². The van der Waals surface area contributed by atoms with Crippen LogP contribution in [0.25, 0.3) is 10.9 Å². The van der Waals surface area contributed by atoms with Gasteiger partial charge in [0.15, 0.2) is 0 Å². The van der Waals surface area contributed by atoms with Gasteiger partial charge in [-0.1, -0.05) is 24.3 Å². The zero-order valence-electron chi connectivity index (χ0n) is 13.1. The van der Waals surface area contributed by atoms with Crippen molar-refractivity contribution in [2.24, 2.45) is 7.05 Å². The quantitative estimate of drug-likeness (QED) is 0.721. The molecule has 3 rings (SSSR count). The van der Waals surface area contributed by atoms with Gasteiger partial charge in [0.25, 0.3) is 5.91 Å². The largest absolute Gasteiger partial charge is 0.416 e. The summed E-state index contributed by atoms with van der Waals surface area (Å²) < 4.78 is 40.1. The molecular formula is C18H15F3N2O. The summed E-state index contributed by atoms with van der Waals surface area (Å²) >= 11 is 0. The molecule has 0 atom stereocenters. The Kier molecular flexibility index (Phi) is 3.83. The Morgan fingerprint density at radius 2 is 1.79 bits per heavy atom. The van der Waals surface area contributed by atoms with Crippen molar-refractivity contribution >= 4 is 22.5 Å². The molecule has 3 nitrogen and oxygen atoms in total. The Labute approximate surface area is 136 Å². The third-order valence-electron chi connectivity index (χ3n) is 4.02. The minimum atomic E-state index is -4.45. The second kappa shape index (κ2) is 5.70. The summed E-state index contributed by atoms with van der Waals surface area (Å²) in [6.07, 6.45) is -4.45. The first kappa shape index (κ1) is 16.1. The molecule has 124 valence electrons. The van der Waals surface area contributed by atoms with Crippen LogP contribution in [0.1, 0.15) is 21.6 Å². The zero-order valence-corrected chi connectivity index (χ0v) is 13.1. The molecule has 1 heterocycles. The van der Waals surface area contributed by atoms with Crippen molar-refractivity contribution in [2.75, 3.05) is 5.32 Å². The predicted octanol–water partition coefficient (Wildman–Crippen LogP) is 4.76. The number of hydrogen-bond acceptors (Lipinski definition) is 1. The Morgan fingerprint density at radius 3 is 2.46 bits per heavy atom. The number of aromatic nitrogens is 1. The minimum Gasteiger partial charge on any atom is -0.339 e. The van der Waals surface area contributed by atoms with Crippen molar-refractivity contribution in [1.82, 2.24) is 4.57 Å². The summed E-state index contributed by atoms with van der Waals surface area (Å²) in [5.41, 5.74) is 1.42. The lowest BCUT2D eigenvalue weighted by Gasteiger charge is -2.11. The average molecular weight is 332 g/mol. The maximum atomic E-state index is 12.8. The van der Waals surface area contributed by atoms with Gasteiger partial charge < -0.3 is 9.88 Å². The number of rotatable bonds is 2. The third-order valence-corrected chi connectivity index (χ3v) is 4.02. The summed E-state index contributed by atoms with van der Waals surface area (Å²) in [6, 6.07) is 12.2. The number of carbonyl (C=O) groups is 1. The van der Waals surface area contributed by atoms with Gasteiger partial charge in [-0.15, -0.1) is 0 Å². The number of halogens is 3. The van der Waals surface area contributed by atoms with Crippen molar-refractivity contribution in [1.29, 1.82) is 0 Å². The van der Waals surface area contributed by atoms with Crippen molar-refractivity contribution in [3.63, 3.8) is 0 Å². The summed E-state index contributed by atoms with van der Waals surface area (Å²) in [5, 5.41) is 3.49. The molecule has 3 aromatic rings. The van der Waals surface area contributed by atoms with Crippen LogP contribution in [0.3, 0.4) is 0 Å². The molecule has 6 heteroatoms. The summed E-state index contributed by atoms with van der Waals surface area (Å²) in [5.74, 6) is -0.439. The molecule has 24 heavy (non-hydrogen) atoms. The monoisotopic (exact) mass is 332 g/mol. The van der Waals surface area contributed by atoms with E-state index in [9.17, 15) is 18.0 Å². The number of nitrogens with zero attached hydrogens (tertiary/aromatic N) is 1. The lowest BCUT2D eigenvalue weighted by molar-refractivity contribution is -0.137. The Bertz CT molecular complexity index is 887. The van der Waals surface area contributed by atoms with Crippen LogP contribution in [0.5, 0.6) is 0 Å². The lowest BCUT2D eigenvalue weighted by atomic mass is 10.1. The van der Waals surface area contributed by atoms with Crippen molar-refractivity contribution in [3.8, 4) is 0 Å². The number of benzene rings is 2. The first-order chi connectivity index (χ1) is 11.3. The Balaban J connectivity index is 1.97. The number of amides is 1. The SMILES string of the molecule is Cc1c(C(=O)Nc2cccc(C(F)(F)F)c2)n(C)c2ccccc12. The van der Waals surface area contributed by atoms with Gasteiger partial charge in [0.1, 0.15) is 5.69 Å². The highest BCUT2D eigenvalue weighted by molar-refractivity contribution is 6.08. The number of carbonyl (C=O) groups excluding carboxylic acids is 1. The average Bonchev–Trinajstić information content (AvgIpc) is 2.79. The zero-order chi connectivity index (χ0) is 17.5. The normalized spacial score (nSPS) is 11.7. The van der Waals surface area contributed by atoms with Gasteiger partial charge in [0, 0.05) is 23.6 Å². The van der Waals surface area contributed by atoms with E-state index in [0.717, 1.165) is 28.6 Å². The minimum absolute atomic E-state index is 0.111. The number of nitrogens with one attached hydrogen (secondary N) is 1. The number of fused-ring (bicyclic) bond motifs is 1. The third kappa shape index (κ3) is 2.75. The highest BCUT2D eigenvalue weighted by Gasteiger charge is 2.30. The molecule has 0 unspecified atom stereocenters. The number of anilines is 1. The number of hydrogen-bond donors (Lipinski definition) is 1. The number of aryl methyl sites for hydroxylation is 2. The van der Waals surface area contributed by atoms with Gasteiger partial charge >= 0.3 is 6.18 Å². The second-order valence-corrected chi connectivity index (χ2v) is 5.58.